The van der Waals surface area contributed by atoms with Crippen molar-refractivity contribution in [2.45, 2.75) is 44.0 Å². The van der Waals surface area contributed by atoms with Crippen LogP contribution in [0.5, 0.6) is 0 Å². The van der Waals surface area contributed by atoms with Gasteiger partial charge in [0.15, 0.2) is 0 Å². The van der Waals surface area contributed by atoms with Gasteiger partial charge in [0.1, 0.15) is 0 Å². The van der Waals surface area contributed by atoms with Crippen molar-refractivity contribution in [1.82, 2.24) is 4.72 Å². The molecule has 0 saturated carbocycles. The Balaban J connectivity index is 0.00000484. The smallest absolute Gasteiger partial charge is 0.274 e. The van der Waals surface area contributed by atoms with Crippen molar-refractivity contribution in [2.75, 3.05) is 6.54 Å². The van der Waals surface area contributed by atoms with Crippen LogP contribution in [0.4, 0.5) is 5.69 Å². The number of sulfonamides is 1. The van der Waals surface area contributed by atoms with Gasteiger partial charge in [0.25, 0.3) is 5.69 Å². The van der Waals surface area contributed by atoms with E-state index in [1.807, 2.05) is 13.8 Å². The van der Waals surface area contributed by atoms with Gasteiger partial charge in [0.2, 0.25) is 10.0 Å². The van der Waals surface area contributed by atoms with Crippen molar-refractivity contribution in [3.05, 3.63) is 32.3 Å². The maximum absolute atomic E-state index is 12.3. The summed E-state index contributed by atoms with van der Waals surface area (Å²) in [6.45, 7) is 5.38. The highest BCUT2D eigenvalue weighted by Gasteiger charge is 2.26. The van der Waals surface area contributed by atoms with Crippen LogP contribution < -0.4 is 10.5 Å². The number of rotatable bonds is 7. The first-order valence-electron chi connectivity index (χ1n) is 6.79. The lowest BCUT2D eigenvalue weighted by Crippen LogP contribution is -2.49. The summed E-state index contributed by atoms with van der Waals surface area (Å²) in [4.78, 5) is 10.2. The number of benzene rings is 1. The van der Waals surface area contributed by atoms with Crippen LogP contribution in [0.1, 0.15) is 32.3 Å². The molecule has 0 radical (unpaired) electrons. The van der Waals surface area contributed by atoms with Crippen LogP contribution in [0.2, 0.25) is 0 Å². The Morgan fingerprint density at radius 1 is 1.35 bits per heavy atom. The Labute approximate surface area is 150 Å². The lowest BCUT2D eigenvalue weighted by molar-refractivity contribution is -0.385. The first-order valence-corrected chi connectivity index (χ1v) is 9.07. The molecule has 0 aliphatic carbocycles. The van der Waals surface area contributed by atoms with Crippen LogP contribution in [0.25, 0.3) is 0 Å². The summed E-state index contributed by atoms with van der Waals surface area (Å²) in [7, 11) is -3.87. The lowest BCUT2D eigenvalue weighted by Gasteiger charge is -2.26. The SMILES string of the molecule is CCC(N)(CC)CNS(=O)(=O)c1cc(Br)c(C)c([N+](=O)[O-])c1.Cl. The molecule has 0 atom stereocenters. The van der Waals surface area contributed by atoms with Crippen LogP contribution in [0.3, 0.4) is 0 Å². The molecule has 1 aromatic rings. The van der Waals surface area contributed by atoms with E-state index in [1.54, 1.807) is 6.92 Å². The number of halogens is 2. The maximum Gasteiger partial charge on any atom is 0.274 e. The van der Waals surface area contributed by atoms with E-state index in [9.17, 15) is 18.5 Å². The zero-order valence-electron chi connectivity index (χ0n) is 13.1. The molecule has 0 saturated heterocycles. The van der Waals surface area contributed by atoms with E-state index in [0.29, 0.717) is 22.9 Å². The minimum absolute atomic E-state index is 0. The number of nitrogens with one attached hydrogen (secondary N) is 1. The molecule has 0 fully saturated rings. The van der Waals surface area contributed by atoms with E-state index >= 15 is 0 Å². The first kappa shape index (κ1) is 22.3. The van der Waals surface area contributed by atoms with E-state index in [-0.39, 0.29) is 29.5 Å². The summed E-state index contributed by atoms with van der Waals surface area (Å²) in [6, 6.07) is 2.40. The second-order valence-corrected chi connectivity index (χ2v) is 7.82. The molecule has 132 valence electrons. The molecule has 10 heteroatoms. The van der Waals surface area contributed by atoms with Gasteiger partial charge < -0.3 is 5.73 Å². The molecule has 7 nitrogen and oxygen atoms in total. The zero-order valence-corrected chi connectivity index (χ0v) is 16.3. The fourth-order valence-electron chi connectivity index (χ4n) is 1.81. The van der Waals surface area contributed by atoms with E-state index in [2.05, 4.69) is 20.7 Å². The predicted molar refractivity (Wildman–Crippen MR) is 95.5 cm³/mol. The summed E-state index contributed by atoms with van der Waals surface area (Å²) in [5, 5.41) is 11.0. The van der Waals surface area contributed by atoms with Gasteiger partial charge in [-0.1, -0.05) is 29.8 Å². The number of nitrogens with two attached hydrogens (primary N) is 1. The molecule has 0 spiro atoms. The second-order valence-electron chi connectivity index (χ2n) is 5.20. The number of hydrogen-bond donors (Lipinski definition) is 2. The number of nitro benzene ring substituents is 1. The Hall–Kier alpha value is -0.740. The summed E-state index contributed by atoms with van der Waals surface area (Å²) in [5.74, 6) is 0. The molecule has 0 heterocycles. The average molecular weight is 431 g/mol. The Bertz CT molecular complexity index is 678. The normalized spacial score (nSPS) is 11.9. The molecule has 3 N–H and O–H groups in total. The third kappa shape index (κ3) is 5.39. The molecule has 0 aromatic heterocycles. The molecule has 0 unspecified atom stereocenters. The predicted octanol–water partition coefficient (Wildman–Crippen LogP) is 2.88. The average Bonchev–Trinajstić information content (AvgIpc) is 2.47. The number of nitrogens with zero attached hydrogens (tertiary/aromatic N) is 1. The largest absolute Gasteiger partial charge is 0.324 e. The van der Waals surface area contributed by atoms with Crippen molar-refractivity contribution < 1.29 is 13.3 Å². The van der Waals surface area contributed by atoms with E-state index in [4.69, 9.17) is 5.73 Å². The molecule has 0 aliphatic rings. The topological polar surface area (TPSA) is 115 Å². The van der Waals surface area contributed by atoms with Gasteiger partial charge in [-0.3, -0.25) is 10.1 Å². The second kappa shape index (κ2) is 8.39. The summed E-state index contributed by atoms with van der Waals surface area (Å²) < 4.78 is 27.5. The van der Waals surface area contributed by atoms with Crippen LogP contribution in [0.15, 0.2) is 21.5 Å². The maximum atomic E-state index is 12.3. The third-order valence-electron chi connectivity index (χ3n) is 3.82. The van der Waals surface area contributed by atoms with Gasteiger partial charge in [-0.25, -0.2) is 13.1 Å². The minimum Gasteiger partial charge on any atom is -0.324 e. The van der Waals surface area contributed by atoms with Crippen molar-refractivity contribution in [1.29, 1.82) is 0 Å². The highest BCUT2D eigenvalue weighted by Crippen LogP contribution is 2.29. The van der Waals surface area contributed by atoms with Crippen LogP contribution in [-0.2, 0) is 10.0 Å². The monoisotopic (exact) mass is 429 g/mol. The van der Waals surface area contributed by atoms with Crippen molar-refractivity contribution in [3.8, 4) is 0 Å². The van der Waals surface area contributed by atoms with Crippen molar-refractivity contribution in [2.24, 2.45) is 5.73 Å². The van der Waals surface area contributed by atoms with Gasteiger partial charge in [-0.05, 0) is 25.8 Å². The van der Waals surface area contributed by atoms with E-state index < -0.39 is 20.5 Å². The standard InChI is InChI=1S/C13H20BrN3O4S.ClH/c1-4-13(15,5-2)8-16-22(20,21)10-6-11(14)9(3)12(7-10)17(18)19;/h6-7,16H,4-5,8,15H2,1-3H3;1H. The number of hydrogen-bond acceptors (Lipinski definition) is 5. The fourth-order valence-corrected chi connectivity index (χ4v) is 3.59. The van der Waals surface area contributed by atoms with E-state index in [1.165, 1.54) is 6.07 Å². The summed E-state index contributed by atoms with van der Waals surface area (Å²) in [6.07, 6.45) is 1.23. The van der Waals surface area contributed by atoms with Crippen LogP contribution in [-0.4, -0.2) is 25.4 Å². The molecule has 0 aliphatic heterocycles. The van der Waals surface area contributed by atoms with Gasteiger partial charge in [0.05, 0.1) is 9.82 Å². The zero-order chi connectivity index (χ0) is 17.1. The van der Waals surface area contributed by atoms with Gasteiger partial charge in [-0.15, -0.1) is 12.4 Å². The molecular weight excluding hydrogens is 410 g/mol. The van der Waals surface area contributed by atoms with Crippen LogP contribution in [0, 0.1) is 17.0 Å². The molecule has 0 bridgehead atoms. The summed E-state index contributed by atoms with van der Waals surface area (Å²) in [5.41, 5.74) is 5.56. The van der Waals surface area contributed by atoms with E-state index in [0.717, 1.165) is 6.07 Å². The third-order valence-corrected chi connectivity index (χ3v) is 6.02. The lowest BCUT2D eigenvalue weighted by atomic mass is 9.95. The molecule has 1 aromatic carbocycles. The Kier molecular flexibility index (Phi) is 8.12. The molecule has 23 heavy (non-hydrogen) atoms. The quantitative estimate of drug-likeness (QED) is 0.510. The molecular formula is C13H21BrClN3O4S. The van der Waals surface area contributed by atoms with Gasteiger partial charge in [0, 0.05) is 28.2 Å². The van der Waals surface area contributed by atoms with Crippen molar-refractivity contribution >= 4 is 44.0 Å². The minimum atomic E-state index is -3.87. The molecule has 1 rings (SSSR count). The highest BCUT2D eigenvalue weighted by atomic mass is 79.9. The highest BCUT2D eigenvalue weighted by molar-refractivity contribution is 9.10. The molecule has 0 amide bonds. The summed E-state index contributed by atoms with van der Waals surface area (Å²) >= 11 is 3.15. The Morgan fingerprint density at radius 2 is 1.87 bits per heavy atom. The fraction of sp³-hybridized carbons (Fsp3) is 0.538. The Morgan fingerprint density at radius 3 is 2.30 bits per heavy atom. The van der Waals surface area contributed by atoms with Gasteiger partial charge >= 0.3 is 0 Å². The van der Waals surface area contributed by atoms with Crippen molar-refractivity contribution in [3.63, 3.8) is 0 Å². The number of nitro groups is 1. The van der Waals surface area contributed by atoms with Crippen LogP contribution >= 0.6 is 28.3 Å². The first-order chi connectivity index (χ1) is 10.1. The van der Waals surface area contributed by atoms with Gasteiger partial charge in [-0.2, -0.15) is 0 Å².